The monoisotopic (exact) mass is 902 g/mol. The van der Waals surface area contributed by atoms with Crippen molar-refractivity contribution >= 4 is 40.0 Å². The fourth-order valence-electron chi connectivity index (χ4n) is 11.0. The van der Waals surface area contributed by atoms with Crippen LogP contribution in [0.1, 0.15) is 112 Å². The van der Waals surface area contributed by atoms with Gasteiger partial charge in [-0.2, -0.15) is 0 Å². The molecule has 1 aromatic heterocycles. The van der Waals surface area contributed by atoms with Crippen LogP contribution >= 0.6 is 0 Å². The smallest absolute Gasteiger partial charge is 0.329 e. The highest BCUT2D eigenvalue weighted by atomic mass is 16.7. The number of aromatic nitrogens is 1. The Kier molecular flexibility index (Phi) is 17.5. The molecule has 13 heteroatoms. The molecule has 3 aliphatic heterocycles. The van der Waals surface area contributed by atoms with Gasteiger partial charge in [-0.1, -0.05) is 44.6 Å². The zero-order valence-electron chi connectivity index (χ0n) is 40.0. The zero-order chi connectivity index (χ0) is 47.0. The van der Waals surface area contributed by atoms with Crippen molar-refractivity contribution in [3.05, 3.63) is 66.4 Å². The molecule has 1 saturated carbocycles. The topological polar surface area (TPSA) is 166 Å². The van der Waals surface area contributed by atoms with Crippen LogP contribution in [0.5, 0.6) is 0 Å². The first kappa shape index (κ1) is 50.3. The number of anilines is 1. The van der Waals surface area contributed by atoms with Crippen LogP contribution in [-0.2, 0) is 42.9 Å². The van der Waals surface area contributed by atoms with Crippen molar-refractivity contribution in [3.63, 3.8) is 0 Å². The molecule has 13 atom stereocenters. The number of H-pyrrole nitrogens is 1. The van der Waals surface area contributed by atoms with E-state index in [1.807, 2.05) is 33.0 Å². The Balaban J connectivity index is 1.29. The number of hydrogen-bond donors (Lipinski definition) is 3. The van der Waals surface area contributed by atoms with Gasteiger partial charge in [0.05, 0.1) is 24.4 Å². The molecule has 3 fully saturated rings. The van der Waals surface area contributed by atoms with Crippen LogP contribution in [0.15, 0.2) is 66.4 Å². The number of ketones is 2. The van der Waals surface area contributed by atoms with Gasteiger partial charge < -0.3 is 44.0 Å². The fourth-order valence-corrected chi connectivity index (χ4v) is 11.0. The van der Waals surface area contributed by atoms with E-state index in [0.717, 1.165) is 47.0 Å². The minimum Gasteiger partial charge on any atom is -0.456 e. The van der Waals surface area contributed by atoms with Gasteiger partial charge in [-0.15, -0.1) is 6.58 Å². The fraction of sp³-hybridized carbons (Fsp3) is 0.654. The predicted molar refractivity (Wildman–Crippen MR) is 251 cm³/mol. The van der Waals surface area contributed by atoms with Crippen molar-refractivity contribution in [1.82, 2.24) is 9.88 Å². The average Bonchev–Trinajstić information content (AvgIpc) is 3.77. The number of esters is 1. The molecule has 1 aromatic carbocycles. The number of hydrogen-bond acceptors (Lipinski definition) is 11. The van der Waals surface area contributed by atoms with E-state index >= 15 is 0 Å². The molecule has 358 valence electrons. The molecule has 65 heavy (non-hydrogen) atoms. The van der Waals surface area contributed by atoms with Gasteiger partial charge >= 0.3 is 5.97 Å². The maximum atomic E-state index is 14.5. The quantitative estimate of drug-likeness (QED) is 0.126. The molecule has 4 aliphatic rings. The average molecular weight is 902 g/mol. The van der Waals surface area contributed by atoms with Crippen molar-refractivity contribution in [1.29, 1.82) is 0 Å². The molecule has 3 N–H and O–H groups in total. The molecule has 1 amide bonds. The van der Waals surface area contributed by atoms with Gasteiger partial charge in [0.2, 0.25) is 5.79 Å². The number of benzene rings is 1. The van der Waals surface area contributed by atoms with Gasteiger partial charge in [0.15, 0.2) is 0 Å². The summed E-state index contributed by atoms with van der Waals surface area (Å²) >= 11 is 0. The van der Waals surface area contributed by atoms with E-state index in [9.17, 15) is 24.3 Å². The van der Waals surface area contributed by atoms with Crippen LogP contribution in [0.3, 0.4) is 0 Å². The number of amides is 1. The van der Waals surface area contributed by atoms with Crippen molar-refractivity contribution in [3.8, 4) is 0 Å². The van der Waals surface area contributed by atoms with E-state index in [1.165, 1.54) is 4.90 Å². The van der Waals surface area contributed by atoms with E-state index < -0.39 is 59.8 Å². The third-order valence-electron chi connectivity index (χ3n) is 14.7. The zero-order valence-corrected chi connectivity index (χ0v) is 40.0. The number of fused-ring (bicyclic) bond motifs is 4. The Labute approximate surface area is 386 Å². The summed E-state index contributed by atoms with van der Waals surface area (Å²) in [5, 5.41) is 17.0. The van der Waals surface area contributed by atoms with E-state index in [0.29, 0.717) is 44.9 Å². The molecule has 13 nitrogen and oxygen atoms in total. The molecule has 1 aliphatic carbocycles. The van der Waals surface area contributed by atoms with Crippen LogP contribution in [0, 0.1) is 29.6 Å². The SMILES string of the molecule is C=CCC1/C=C(\C)CC(C)CC(OC)C2OC(O)(C(=O)C(=O)N3CCCCC3C(=O)OC(C(C)=CC3CCC(Nc4ccc5[nH]ccc5c4)C(OC)C3)C(C)CCC1=O)C(C)CC2OC. The molecular formula is C52H75N3O10. The first-order chi connectivity index (χ1) is 31.1. The number of aliphatic hydroxyl groups is 1. The summed E-state index contributed by atoms with van der Waals surface area (Å²) in [5.74, 6) is -6.32. The van der Waals surface area contributed by atoms with E-state index in [4.69, 9.17) is 23.7 Å². The first-order valence-corrected chi connectivity index (χ1v) is 24.0. The number of rotatable bonds is 9. The molecule has 2 bridgehead atoms. The van der Waals surface area contributed by atoms with Crippen LogP contribution in [-0.4, -0.2) is 115 Å². The lowest BCUT2D eigenvalue weighted by Gasteiger charge is -2.47. The number of carbonyl (C=O) groups is 4. The molecule has 6 rings (SSSR count). The number of methoxy groups -OCH3 is 3. The Morgan fingerprint density at radius 1 is 0.969 bits per heavy atom. The Hall–Kier alpha value is -4.14. The van der Waals surface area contributed by atoms with Crippen molar-refractivity contribution in [2.45, 2.75) is 160 Å². The summed E-state index contributed by atoms with van der Waals surface area (Å²) in [6.07, 6.45) is 11.9. The van der Waals surface area contributed by atoms with Crippen LogP contribution in [0.25, 0.3) is 10.9 Å². The summed E-state index contributed by atoms with van der Waals surface area (Å²) in [7, 11) is 4.86. The summed E-state index contributed by atoms with van der Waals surface area (Å²) in [6, 6.07) is 7.41. The van der Waals surface area contributed by atoms with Gasteiger partial charge in [-0.3, -0.25) is 14.4 Å². The molecular weight excluding hydrogens is 827 g/mol. The third-order valence-corrected chi connectivity index (χ3v) is 14.7. The second-order valence-electron chi connectivity index (χ2n) is 19.6. The first-order valence-electron chi connectivity index (χ1n) is 24.0. The standard InChI is InChI=1S/C52H75N3O10/c1-10-13-38-25-31(2)24-32(3)26-45(62-8)48-46(63-9)28-35(6)52(60,65-48)49(57)50(58)55-23-12-11-14-42(55)51(59)64-47(33(4)15-20-43(38)56)34(5)27-36-16-18-41(44(29-36)61-7)54-39-17-19-40-37(30-39)21-22-53-40/h10,17,19,21-22,25,27,30,32-33,35-36,38,41-42,44-48,53-54,60H,1,11-16,18,20,23-24,26,28-29H2,2-9H3/b31-25+,34-27?. The molecule has 4 heterocycles. The lowest BCUT2D eigenvalue weighted by atomic mass is 9.81. The number of nitrogens with one attached hydrogen (secondary N) is 2. The molecule has 2 saturated heterocycles. The number of piperidine rings is 1. The summed E-state index contributed by atoms with van der Waals surface area (Å²) < 4.78 is 30.7. The minimum absolute atomic E-state index is 0.0637. The lowest BCUT2D eigenvalue weighted by molar-refractivity contribution is -0.302. The summed E-state index contributed by atoms with van der Waals surface area (Å²) in [6.45, 7) is 13.9. The highest BCUT2D eigenvalue weighted by Gasteiger charge is 2.56. The van der Waals surface area contributed by atoms with Gasteiger partial charge in [0.1, 0.15) is 24.0 Å². The van der Waals surface area contributed by atoms with Gasteiger partial charge in [0, 0.05) is 68.9 Å². The Morgan fingerprint density at radius 2 is 1.71 bits per heavy atom. The van der Waals surface area contributed by atoms with Crippen LogP contribution in [0.4, 0.5) is 5.69 Å². The molecule has 0 radical (unpaired) electrons. The number of ether oxygens (including phenoxy) is 5. The third kappa shape index (κ3) is 11.9. The molecule has 13 unspecified atom stereocenters. The largest absolute Gasteiger partial charge is 0.456 e. The van der Waals surface area contributed by atoms with Crippen molar-refractivity contribution in [2.24, 2.45) is 29.6 Å². The number of Topliss-reactive ketones (excluding diaryl/α,β-unsaturated/α-hetero) is 2. The van der Waals surface area contributed by atoms with Crippen LogP contribution < -0.4 is 5.32 Å². The Morgan fingerprint density at radius 3 is 2.43 bits per heavy atom. The number of aromatic amines is 1. The summed E-state index contributed by atoms with van der Waals surface area (Å²) in [4.78, 5) is 61.8. The maximum Gasteiger partial charge on any atom is 0.329 e. The number of cyclic esters (lactones) is 1. The van der Waals surface area contributed by atoms with Gasteiger partial charge in [-0.05, 0) is 132 Å². The highest BCUT2D eigenvalue weighted by Crippen LogP contribution is 2.39. The predicted octanol–water partition coefficient (Wildman–Crippen LogP) is 8.27. The van der Waals surface area contributed by atoms with E-state index in [-0.39, 0.29) is 61.0 Å². The van der Waals surface area contributed by atoms with Gasteiger partial charge in [0.25, 0.3) is 11.7 Å². The Bertz CT molecular complexity index is 2040. The van der Waals surface area contributed by atoms with Gasteiger partial charge in [-0.25, -0.2) is 4.79 Å². The lowest BCUT2D eigenvalue weighted by Crippen LogP contribution is -2.64. The molecule has 2 aromatic rings. The minimum atomic E-state index is -2.48. The number of allylic oxidation sites excluding steroid dienone is 4. The van der Waals surface area contributed by atoms with Crippen molar-refractivity contribution < 1.29 is 48.0 Å². The maximum absolute atomic E-state index is 14.5. The summed E-state index contributed by atoms with van der Waals surface area (Å²) in [5.41, 5.74) is 4.03. The number of nitrogens with zero attached hydrogens (tertiary/aromatic N) is 1. The van der Waals surface area contributed by atoms with Crippen LogP contribution in [0.2, 0.25) is 0 Å². The molecule has 0 spiro atoms. The normalized spacial score (nSPS) is 36.2. The van der Waals surface area contributed by atoms with Crippen molar-refractivity contribution in [2.75, 3.05) is 33.2 Å². The van der Waals surface area contributed by atoms with E-state index in [1.54, 1.807) is 34.3 Å². The van der Waals surface area contributed by atoms with E-state index in [2.05, 4.69) is 54.1 Å². The second kappa shape index (κ2) is 22.6. The highest BCUT2D eigenvalue weighted by molar-refractivity contribution is 6.39. The second-order valence-corrected chi connectivity index (χ2v) is 19.6. The number of carbonyl (C=O) groups excluding carboxylic acids is 4.